The van der Waals surface area contributed by atoms with Crippen LogP contribution < -0.4 is 10.6 Å². The maximum Gasteiger partial charge on any atom is 0.226 e. The number of aryl methyl sites for hydroxylation is 1. The quantitative estimate of drug-likeness (QED) is 0.904. The van der Waals surface area contributed by atoms with Gasteiger partial charge in [-0.3, -0.25) is 4.79 Å². The Kier molecular flexibility index (Phi) is 4.12. The van der Waals surface area contributed by atoms with Gasteiger partial charge in [-0.25, -0.2) is 0 Å². The fraction of sp³-hybridized carbons (Fsp3) is 0.357. The predicted molar refractivity (Wildman–Crippen MR) is 76.4 cm³/mol. The second-order valence-electron chi connectivity index (χ2n) is 4.72. The minimum atomic E-state index is 0. The molecule has 1 aromatic heterocycles. The Morgan fingerprint density at radius 2 is 2.16 bits per heavy atom. The van der Waals surface area contributed by atoms with E-state index in [1.54, 1.807) is 0 Å². The van der Waals surface area contributed by atoms with Crippen LogP contribution in [0.5, 0.6) is 0 Å². The van der Waals surface area contributed by atoms with Gasteiger partial charge in [0.25, 0.3) is 0 Å². The summed E-state index contributed by atoms with van der Waals surface area (Å²) in [4.78, 5) is 11.7. The number of nitrogens with one attached hydrogen (secondary N) is 2. The molecule has 0 radical (unpaired) electrons. The lowest BCUT2D eigenvalue weighted by molar-refractivity contribution is -0.126. The van der Waals surface area contributed by atoms with Gasteiger partial charge in [0, 0.05) is 24.0 Å². The van der Waals surface area contributed by atoms with Crippen molar-refractivity contribution in [1.82, 2.24) is 10.6 Å². The molecular weight excluding hydrogens is 264 g/mol. The van der Waals surface area contributed by atoms with E-state index in [2.05, 4.69) is 10.6 Å². The summed E-state index contributed by atoms with van der Waals surface area (Å²) in [5, 5.41) is 7.14. The van der Waals surface area contributed by atoms with E-state index in [1.807, 2.05) is 31.2 Å². The fourth-order valence-corrected chi connectivity index (χ4v) is 2.18. The molecule has 5 heteroatoms. The molecule has 0 atom stereocenters. The van der Waals surface area contributed by atoms with Crippen LogP contribution in [0.2, 0.25) is 0 Å². The van der Waals surface area contributed by atoms with Gasteiger partial charge in [-0.1, -0.05) is 18.2 Å². The van der Waals surface area contributed by atoms with E-state index in [9.17, 15) is 4.79 Å². The summed E-state index contributed by atoms with van der Waals surface area (Å²) >= 11 is 0. The topological polar surface area (TPSA) is 54.3 Å². The molecule has 3 rings (SSSR count). The third-order valence-electron chi connectivity index (χ3n) is 3.52. The number of carbonyl (C=O) groups excluding carboxylic acids is 1. The maximum atomic E-state index is 11.7. The average molecular weight is 281 g/mol. The number of amides is 1. The minimum Gasteiger partial charge on any atom is -0.459 e. The number of rotatable bonds is 3. The molecule has 0 spiro atoms. The molecule has 1 amide bonds. The van der Waals surface area contributed by atoms with Gasteiger partial charge in [-0.2, -0.15) is 0 Å². The molecule has 102 valence electrons. The molecule has 0 saturated carbocycles. The van der Waals surface area contributed by atoms with Gasteiger partial charge in [-0.05, 0) is 13.0 Å². The fourth-order valence-electron chi connectivity index (χ4n) is 2.18. The number of halogens is 1. The van der Waals surface area contributed by atoms with Crippen molar-refractivity contribution in [3.8, 4) is 0 Å². The highest BCUT2D eigenvalue weighted by atomic mass is 35.5. The SMILES string of the molecule is Cc1c(CNC(=O)C2CNC2)oc2ccccc12.Cl. The summed E-state index contributed by atoms with van der Waals surface area (Å²) in [6.45, 7) is 4.06. The highest BCUT2D eigenvalue weighted by molar-refractivity contribution is 5.85. The zero-order chi connectivity index (χ0) is 12.5. The first-order valence-corrected chi connectivity index (χ1v) is 6.21. The summed E-state index contributed by atoms with van der Waals surface area (Å²) in [6, 6.07) is 7.93. The van der Waals surface area contributed by atoms with Crippen LogP contribution in [0.15, 0.2) is 28.7 Å². The van der Waals surface area contributed by atoms with E-state index in [-0.39, 0.29) is 24.2 Å². The normalized spacial score (nSPS) is 14.8. The van der Waals surface area contributed by atoms with Crippen molar-refractivity contribution in [2.75, 3.05) is 13.1 Å². The van der Waals surface area contributed by atoms with Crippen molar-refractivity contribution in [2.24, 2.45) is 5.92 Å². The third kappa shape index (κ3) is 2.60. The summed E-state index contributed by atoms with van der Waals surface area (Å²) < 4.78 is 5.75. The standard InChI is InChI=1S/C14H16N2O2.ClH/c1-9-11-4-2-3-5-12(11)18-13(9)8-16-14(17)10-6-15-7-10;/h2-5,10,15H,6-8H2,1H3,(H,16,17);1H. The molecule has 1 saturated heterocycles. The number of para-hydroxylation sites is 1. The van der Waals surface area contributed by atoms with Crippen molar-refractivity contribution in [2.45, 2.75) is 13.5 Å². The number of hydrogen-bond donors (Lipinski definition) is 2. The lowest BCUT2D eigenvalue weighted by atomic mass is 10.0. The van der Waals surface area contributed by atoms with Crippen LogP contribution in [0.1, 0.15) is 11.3 Å². The third-order valence-corrected chi connectivity index (χ3v) is 3.52. The molecule has 0 aliphatic carbocycles. The first kappa shape index (κ1) is 13.9. The first-order valence-electron chi connectivity index (χ1n) is 6.21. The predicted octanol–water partition coefficient (Wildman–Crippen LogP) is 2.00. The second-order valence-corrected chi connectivity index (χ2v) is 4.72. The smallest absolute Gasteiger partial charge is 0.226 e. The molecule has 1 aromatic carbocycles. The van der Waals surface area contributed by atoms with Crippen LogP contribution in [0.3, 0.4) is 0 Å². The molecule has 4 nitrogen and oxygen atoms in total. The Hall–Kier alpha value is -1.52. The van der Waals surface area contributed by atoms with E-state index >= 15 is 0 Å². The van der Waals surface area contributed by atoms with Crippen LogP contribution in [-0.2, 0) is 11.3 Å². The van der Waals surface area contributed by atoms with Gasteiger partial charge in [-0.15, -0.1) is 12.4 Å². The molecule has 0 bridgehead atoms. The van der Waals surface area contributed by atoms with E-state index in [4.69, 9.17) is 4.42 Å². The van der Waals surface area contributed by atoms with Crippen molar-refractivity contribution in [3.63, 3.8) is 0 Å². The zero-order valence-corrected chi connectivity index (χ0v) is 11.5. The van der Waals surface area contributed by atoms with E-state index < -0.39 is 0 Å². The number of fused-ring (bicyclic) bond motifs is 1. The summed E-state index contributed by atoms with van der Waals surface area (Å²) in [5.41, 5.74) is 1.99. The Labute approximate surface area is 118 Å². The van der Waals surface area contributed by atoms with Crippen molar-refractivity contribution in [1.29, 1.82) is 0 Å². The molecule has 19 heavy (non-hydrogen) atoms. The van der Waals surface area contributed by atoms with Gasteiger partial charge < -0.3 is 15.1 Å². The van der Waals surface area contributed by atoms with E-state index in [1.165, 1.54) is 0 Å². The molecule has 2 N–H and O–H groups in total. The molecular formula is C14H17ClN2O2. The highest BCUT2D eigenvalue weighted by Gasteiger charge is 2.24. The van der Waals surface area contributed by atoms with Gasteiger partial charge in [0.1, 0.15) is 11.3 Å². The highest BCUT2D eigenvalue weighted by Crippen LogP contribution is 2.24. The minimum absolute atomic E-state index is 0. The van der Waals surface area contributed by atoms with Crippen LogP contribution in [-0.4, -0.2) is 19.0 Å². The molecule has 2 aromatic rings. The van der Waals surface area contributed by atoms with Gasteiger partial charge >= 0.3 is 0 Å². The molecule has 1 aliphatic rings. The van der Waals surface area contributed by atoms with Crippen LogP contribution in [0.25, 0.3) is 11.0 Å². The lowest BCUT2D eigenvalue weighted by Crippen LogP contribution is -2.50. The van der Waals surface area contributed by atoms with E-state index in [0.29, 0.717) is 6.54 Å². The maximum absolute atomic E-state index is 11.7. The average Bonchev–Trinajstić information content (AvgIpc) is 2.62. The van der Waals surface area contributed by atoms with Crippen molar-refractivity contribution in [3.05, 3.63) is 35.6 Å². The van der Waals surface area contributed by atoms with Crippen LogP contribution in [0, 0.1) is 12.8 Å². The number of benzene rings is 1. The Morgan fingerprint density at radius 3 is 2.79 bits per heavy atom. The largest absolute Gasteiger partial charge is 0.459 e. The van der Waals surface area contributed by atoms with Gasteiger partial charge in [0.2, 0.25) is 5.91 Å². The number of hydrogen-bond acceptors (Lipinski definition) is 3. The molecule has 0 unspecified atom stereocenters. The number of carbonyl (C=O) groups is 1. The first-order chi connectivity index (χ1) is 8.75. The second kappa shape index (κ2) is 5.63. The number of furan rings is 1. The van der Waals surface area contributed by atoms with E-state index in [0.717, 1.165) is 35.4 Å². The lowest BCUT2D eigenvalue weighted by Gasteiger charge is -2.25. The molecule has 1 fully saturated rings. The Bertz CT molecular complexity index is 590. The van der Waals surface area contributed by atoms with Crippen LogP contribution >= 0.6 is 12.4 Å². The molecule has 1 aliphatic heterocycles. The van der Waals surface area contributed by atoms with Crippen molar-refractivity contribution < 1.29 is 9.21 Å². The summed E-state index contributed by atoms with van der Waals surface area (Å²) in [6.07, 6.45) is 0. The summed E-state index contributed by atoms with van der Waals surface area (Å²) in [5.74, 6) is 1.07. The van der Waals surface area contributed by atoms with Gasteiger partial charge in [0.05, 0.1) is 12.5 Å². The molecule has 2 heterocycles. The Morgan fingerprint density at radius 1 is 1.42 bits per heavy atom. The van der Waals surface area contributed by atoms with Crippen molar-refractivity contribution >= 4 is 29.3 Å². The summed E-state index contributed by atoms with van der Waals surface area (Å²) in [7, 11) is 0. The van der Waals surface area contributed by atoms with Gasteiger partial charge in [0.15, 0.2) is 0 Å². The zero-order valence-electron chi connectivity index (χ0n) is 10.7. The van der Waals surface area contributed by atoms with Crippen LogP contribution in [0.4, 0.5) is 0 Å². The monoisotopic (exact) mass is 280 g/mol. The Balaban J connectivity index is 0.00000133.